The standard InChI is InChI=1S/C22H24N4O/c27-22(23-16-20-25-24-19-14-8-3-9-15-26(19)20)21(17-10-4-1-5-11-17)18-12-6-2-7-13-18/h1-2,4-7,10-13,21H,3,8-9,14-16H2,(H,23,27). The van der Waals surface area contributed by atoms with Crippen molar-refractivity contribution >= 4 is 5.91 Å². The summed E-state index contributed by atoms with van der Waals surface area (Å²) in [5, 5.41) is 11.7. The van der Waals surface area contributed by atoms with E-state index in [9.17, 15) is 4.79 Å². The lowest BCUT2D eigenvalue weighted by molar-refractivity contribution is -0.121. The minimum absolute atomic E-state index is 0.0154. The van der Waals surface area contributed by atoms with E-state index in [4.69, 9.17) is 0 Å². The summed E-state index contributed by atoms with van der Waals surface area (Å²) in [6.45, 7) is 1.34. The number of carbonyl (C=O) groups excluding carboxylic acids is 1. The minimum Gasteiger partial charge on any atom is -0.348 e. The van der Waals surface area contributed by atoms with Crippen LogP contribution in [0.15, 0.2) is 60.7 Å². The molecule has 0 radical (unpaired) electrons. The molecule has 0 bridgehead atoms. The fraction of sp³-hybridized carbons (Fsp3) is 0.318. The van der Waals surface area contributed by atoms with E-state index in [1.54, 1.807) is 0 Å². The molecule has 1 aromatic heterocycles. The molecule has 0 spiro atoms. The van der Waals surface area contributed by atoms with E-state index < -0.39 is 0 Å². The Labute approximate surface area is 159 Å². The van der Waals surface area contributed by atoms with Crippen LogP contribution in [-0.2, 0) is 24.3 Å². The molecule has 1 amide bonds. The minimum atomic E-state index is -0.334. The lowest BCUT2D eigenvalue weighted by Crippen LogP contribution is -2.30. The Hall–Kier alpha value is -2.95. The summed E-state index contributed by atoms with van der Waals surface area (Å²) >= 11 is 0. The van der Waals surface area contributed by atoms with Crippen molar-refractivity contribution in [3.63, 3.8) is 0 Å². The van der Waals surface area contributed by atoms with Gasteiger partial charge in [0.05, 0.1) is 12.5 Å². The molecule has 3 aromatic rings. The molecule has 5 nitrogen and oxygen atoms in total. The van der Waals surface area contributed by atoms with Crippen molar-refractivity contribution in [2.75, 3.05) is 0 Å². The van der Waals surface area contributed by atoms with Crippen LogP contribution in [-0.4, -0.2) is 20.7 Å². The zero-order valence-electron chi connectivity index (χ0n) is 15.3. The summed E-state index contributed by atoms with van der Waals surface area (Å²) in [5.74, 6) is 1.54. The Balaban J connectivity index is 1.54. The molecule has 0 saturated heterocycles. The Bertz CT molecular complexity index is 850. The van der Waals surface area contributed by atoms with E-state index in [-0.39, 0.29) is 11.8 Å². The number of nitrogens with zero attached hydrogens (tertiary/aromatic N) is 3. The van der Waals surface area contributed by atoms with Crippen molar-refractivity contribution in [3.8, 4) is 0 Å². The van der Waals surface area contributed by atoms with Crippen molar-refractivity contribution in [2.45, 2.75) is 44.7 Å². The fourth-order valence-electron chi connectivity index (χ4n) is 3.73. The van der Waals surface area contributed by atoms with E-state index in [1.807, 2.05) is 60.7 Å². The van der Waals surface area contributed by atoms with Crippen molar-refractivity contribution < 1.29 is 4.79 Å². The van der Waals surface area contributed by atoms with Crippen LogP contribution in [0.1, 0.15) is 48.0 Å². The quantitative estimate of drug-likeness (QED) is 0.758. The van der Waals surface area contributed by atoms with Crippen LogP contribution in [0, 0.1) is 0 Å². The smallest absolute Gasteiger partial charge is 0.232 e. The van der Waals surface area contributed by atoms with Crippen LogP contribution < -0.4 is 5.32 Å². The third-order valence-corrected chi connectivity index (χ3v) is 5.13. The molecule has 1 aliphatic heterocycles. The Morgan fingerprint density at radius 2 is 1.59 bits per heavy atom. The van der Waals surface area contributed by atoms with Crippen LogP contribution in [0.2, 0.25) is 0 Å². The highest BCUT2D eigenvalue weighted by Crippen LogP contribution is 2.25. The fourth-order valence-corrected chi connectivity index (χ4v) is 3.73. The molecule has 0 fully saturated rings. The van der Waals surface area contributed by atoms with Gasteiger partial charge in [-0.3, -0.25) is 4.79 Å². The summed E-state index contributed by atoms with van der Waals surface area (Å²) in [6.07, 6.45) is 4.49. The van der Waals surface area contributed by atoms with Gasteiger partial charge in [-0.1, -0.05) is 67.1 Å². The van der Waals surface area contributed by atoms with Crippen LogP contribution >= 0.6 is 0 Å². The molecule has 1 N–H and O–H groups in total. The maximum atomic E-state index is 13.1. The Morgan fingerprint density at radius 3 is 2.26 bits per heavy atom. The first-order valence-electron chi connectivity index (χ1n) is 9.61. The number of hydrogen-bond donors (Lipinski definition) is 1. The number of rotatable bonds is 5. The van der Waals surface area contributed by atoms with E-state index >= 15 is 0 Å². The summed E-state index contributed by atoms with van der Waals surface area (Å²) < 4.78 is 2.17. The van der Waals surface area contributed by atoms with Crippen molar-refractivity contribution in [3.05, 3.63) is 83.4 Å². The largest absolute Gasteiger partial charge is 0.348 e. The lowest BCUT2D eigenvalue weighted by atomic mass is 9.90. The number of aryl methyl sites for hydroxylation is 1. The second-order valence-electron chi connectivity index (χ2n) is 6.97. The normalized spacial score (nSPS) is 13.8. The molecule has 27 heavy (non-hydrogen) atoms. The van der Waals surface area contributed by atoms with Gasteiger partial charge >= 0.3 is 0 Å². The van der Waals surface area contributed by atoms with Crippen molar-refractivity contribution in [2.24, 2.45) is 0 Å². The number of benzene rings is 2. The highest BCUT2D eigenvalue weighted by Gasteiger charge is 2.23. The van der Waals surface area contributed by atoms with Gasteiger partial charge in [0.15, 0.2) is 5.82 Å². The summed E-state index contributed by atoms with van der Waals surface area (Å²) in [7, 11) is 0. The molecule has 0 unspecified atom stereocenters. The van der Waals surface area contributed by atoms with Gasteiger partial charge in [-0.25, -0.2) is 0 Å². The number of nitrogens with one attached hydrogen (secondary N) is 1. The third-order valence-electron chi connectivity index (χ3n) is 5.13. The molecule has 138 valence electrons. The molecule has 4 rings (SSSR count). The number of aromatic nitrogens is 3. The van der Waals surface area contributed by atoms with Crippen LogP contribution in [0.3, 0.4) is 0 Å². The highest BCUT2D eigenvalue weighted by atomic mass is 16.1. The molecule has 2 aromatic carbocycles. The van der Waals surface area contributed by atoms with Gasteiger partial charge in [0, 0.05) is 13.0 Å². The van der Waals surface area contributed by atoms with Crippen molar-refractivity contribution in [1.82, 2.24) is 20.1 Å². The molecule has 0 aliphatic carbocycles. The van der Waals surface area contributed by atoms with Gasteiger partial charge in [-0.2, -0.15) is 0 Å². The number of hydrogen-bond acceptors (Lipinski definition) is 3. The summed E-state index contributed by atoms with van der Waals surface area (Å²) in [5.41, 5.74) is 1.97. The number of carbonyl (C=O) groups is 1. The van der Waals surface area contributed by atoms with E-state index in [0.29, 0.717) is 6.54 Å². The maximum absolute atomic E-state index is 13.1. The summed E-state index contributed by atoms with van der Waals surface area (Å²) in [4.78, 5) is 13.1. The van der Waals surface area contributed by atoms with Gasteiger partial charge in [-0.15, -0.1) is 10.2 Å². The average Bonchev–Trinajstić information content (AvgIpc) is 2.94. The first-order valence-corrected chi connectivity index (χ1v) is 9.61. The van der Waals surface area contributed by atoms with Gasteiger partial charge in [0.25, 0.3) is 0 Å². The average molecular weight is 360 g/mol. The second-order valence-corrected chi connectivity index (χ2v) is 6.97. The topological polar surface area (TPSA) is 59.8 Å². The van der Waals surface area contributed by atoms with Gasteiger partial charge in [0.2, 0.25) is 5.91 Å². The highest BCUT2D eigenvalue weighted by molar-refractivity contribution is 5.87. The van der Waals surface area contributed by atoms with E-state index in [2.05, 4.69) is 20.1 Å². The number of fused-ring (bicyclic) bond motifs is 1. The summed E-state index contributed by atoms with van der Waals surface area (Å²) in [6, 6.07) is 19.8. The molecule has 0 saturated carbocycles. The van der Waals surface area contributed by atoms with Crippen LogP contribution in [0.25, 0.3) is 0 Å². The predicted molar refractivity (Wildman–Crippen MR) is 104 cm³/mol. The molecular weight excluding hydrogens is 336 g/mol. The SMILES string of the molecule is O=C(NCc1nnc2n1CCCCC2)C(c1ccccc1)c1ccccc1. The zero-order valence-corrected chi connectivity index (χ0v) is 15.3. The molecule has 0 atom stereocenters. The van der Waals surface area contributed by atoms with Crippen molar-refractivity contribution in [1.29, 1.82) is 0 Å². The first-order chi connectivity index (χ1) is 13.3. The van der Waals surface area contributed by atoms with E-state index in [1.165, 1.54) is 6.42 Å². The van der Waals surface area contributed by atoms with Gasteiger partial charge < -0.3 is 9.88 Å². The molecule has 2 heterocycles. The predicted octanol–water partition coefficient (Wildman–Crippen LogP) is 3.45. The Morgan fingerprint density at radius 1 is 0.926 bits per heavy atom. The number of amides is 1. The molecule has 5 heteroatoms. The molecular formula is C22H24N4O. The Kier molecular flexibility index (Phi) is 5.28. The van der Waals surface area contributed by atoms with Gasteiger partial charge in [0.1, 0.15) is 5.82 Å². The maximum Gasteiger partial charge on any atom is 0.232 e. The third kappa shape index (κ3) is 3.92. The zero-order chi connectivity index (χ0) is 18.5. The lowest BCUT2D eigenvalue weighted by Gasteiger charge is -2.18. The van der Waals surface area contributed by atoms with Crippen LogP contribution in [0.5, 0.6) is 0 Å². The molecule has 1 aliphatic rings. The second kappa shape index (κ2) is 8.16. The monoisotopic (exact) mass is 360 g/mol. The van der Waals surface area contributed by atoms with Crippen LogP contribution in [0.4, 0.5) is 0 Å². The van der Waals surface area contributed by atoms with E-state index in [0.717, 1.165) is 48.6 Å². The van der Waals surface area contributed by atoms with Gasteiger partial charge in [-0.05, 0) is 24.0 Å². The first kappa shape index (κ1) is 17.5.